The van der Waals surface area contributed by atoms with Crippen LogP contribution in [0, 0.1) is 0 Å². The highest BCUT2D eigenvalue weighted by Crippen LogP contribution is 2.18. The van der Waals surface area contributed by atoms with E-state index in [0.29, 0.717) is 19.5 Å². The van der Waals surface area contributed by atoms with Gasteiger partial charge in [-0.25, -0.2) is 13.1 Å². The van der Waals surface area contributed by atoms with E-state index in [0.717, 1.165) is 51.3 Å². The summed E-state index contributed by atoms with van der Waals surface area (Å²) in [5, 5.41) is 0. The quantitative estimate of drug-likeness (QED) is 0.636. The normalized spacial score (nSPS) is 20.1. The molecular formula is C13H27N3O3S. The molecule has 7 heteroatoms. The van der Waals surface area contributed by atoms with Crippen LogP contribution in [0.1, 0.15) is 44.9 Å². The van der Waals surface area contributed by atoms with E-state index in [4.69, 9.17) is 5.73 Å². The smallest absolute Gasteiger partial charge is 0.222 e. The first-order chi connectivity index (χ1) is 9.44. The molecule has 1 amide bonds. The van der Waals surface area contributed by atoms with Crippen LogP contribution in [0.5, 0.6) is 0 Å². The number of amides is 1. The van der Waals surface area contributed by atoms with Crippen molar-refractivity contribution in [2.75, 3.05) is 25.9 Å². The maximum Gasteiger partial charge on any atom is 0.222 e. The van der Waals surface area contributed by atoms with Gasteiger partial charge in [0.2, 0.25) is 15.9 Å². The highest BCUT2D eigenvalue weighted by molar-refractivity contribution is 7.88. The summed E-state index contributed by atoms with van der Waals surface area (Å²) in [7, 11) is -3.20. The van der Waals surface area contributed by atoms with Crippen molar-refractivity contribution in [3.63, 3.8) is 0 Å². The van der Waals surface area contributed by atoms with Gasteiger partial charge in [0.05, 0.1) is 6.26 Å². The summed E-state index contributed by atoms with van der Waals surface area (Å²) in [6.45, 7) is 1.73. The molecule has 0 radical (unpaired) electrons. The van der Waals surface area contributed by atoms with E-state index >= 15 is 0 Å². The minimum Gasteiger partial charge on any atom is -0.338 e. The molecule has 0 aliphatic carbocycles. The molecule has 0 aromatic carbocycles. The summed E-state index contributed by atoms with van der Waals surface area (Å²) < 4.78 is 24.9. The van der Waals surface area contributed by atoms with Crippen LogP contribution in [-0.2, 0) is 14.8 Å². The number of rotatable bonds is 8. The first-order valence-electron chi connectivity index (χ1n) is 7.38. The lowest BCUT2D eigenvalue weighted by Gasteiger charge is -2.36. The Morgan fingerprint density at radius 2 is 2.05 bits per heavy atom. The van der Waals surface area contributed by atoms with Crippen molar-refractivity contribution in [3.8, 4) is 0 Å². The zero-order chi connectivity index (χ0) is 15.0. The molecule has 0 spiro atoms. The Kier molecular flexibility index (Phi) is 7.47. The molecule has 6 nitrogen and oxygen atoms in total. The van der Waals surface area contributed by atoms with Crippen molar-refractivity contribution in [1.29, 1.82) is 0 Å². The SMILES string of the molecule is CS(=O)(=O)NCC1CCCCN1C(=O)CCCCCN. The number of carbonyl (C=O) groups is 1. The Morgan fingerprint density at radius 3 is 2.70 bits per heavy atom. The van der Waals surface area contributed by atoms with Gasteiger partial charge < -0.3 is 10.6 Å². The first kappa shape index (κ1) is 17.4. The van der Waals surface area contributed by atoms with Crippen molar-refractivity contribution in [1.82, 2.24) is 9.62 Å². The number of unbranched alkanes of at least 4 members (excludes halogenated alkanes) is 2. The number of hydrogen-bond donors (Lipinski definition) is 2. The summed E-state index contributed by atoms with van der Waals surface area (Å²) in [4.78, 5) is 14.1. The number of nitrogens with one attached hydrogen (secondary N) is 1. The molecule has 118 valence electrons. The van der Waals surface area contributed by atoms with Gasteiger partial charge in [-0.2, -0.15) is 0 Å². The van der Waals surface area contributed by atoms with E-state index in [9.17, 15) is 13.2 Å². The maximum atomic E-state index is 12.2. The van der Waals surface area contributed by atoms with Crippen LogP contribution in [0.25, 0.3) is 0 Å². The van der Waals surface area contributed by atoms with Crippen molar-refractivity contribution in [2.45, 2.75) is 51.0 Å². The summed E-state index contributed by atoms with van der Waals surface area (Å²) in [6.07, 6.45) is 7.39. The third-order valence-electron chi connectivity index (χ3n) is 3.62. The molecule has 1 aliphatic heterocycles. The monoisotopic (exact) mass is 305 g/mol. The van der Waals surface area contributed by atoms with Crippen molar-refractivity contribution >= 4 is 15.9 Å². The van der Waals surface area contributed by atoms with Gasteiger partial charge >= 0.3 is 0 Å². The topological polar surface area (TPSA) is 92.5 Å². The van der Waals surface area contributed by atoms with Crippen LogP contribution < -0.4 is 10.5 Å². The second-order valence-electron chi connectivity index (χ2n) is 5.46. The fourth-order valence-electron chi connectivity index (χ4n) is 2.53. The maximum absolute atomic E-state index is 12.2. The molecule has 1 atom stereocenters. The molecule has 1 aliphatic rings. The zero-order valence-corrected chi connectivity index (χ0v) is 13.1. The minimum absolute atomic E-state index is 0.000448. The molecule has 1 unspecified atom stereocenters. The number of nitrogens with zero attached hydrogens (tertiary/aromatic N) is 1. The molecule has 1 rings (SSSR count). The largest absolute Gasteiger partial charge is 0.338 e. The summed E-state index contributed by atoms with van der Waals surface area (Å²) in [6, 6.07) is 0.000448. The zero-order valence-electron chi connectivity index (χ0n) is 12.3. The Hall–Kier alpha value is -0.660. The molecule has 20 heavy (non-hydrogen) atoms. The van der Waals surface area contributed by atoms with Gasteiger partial charge in [0.15, 0.2) is 0 Å². The molecule has 3 N–H and O–H groups in total. The summed E-state index contributed by atoms with van der Waals surface area (Å²) in [5.74, 6) is 0.141. The number of sulfonamides is 1. The molecule has 0 bridgehead atoms. The van der Waals surface area contributed by atoms with Gasteiger partial charge in [-0.3, -0.25) is 4.79 Å². The van der Waals surface area contributed by atoms with E-state index in [2.05, 4.69) is 4.72 Å². The predicted molar refractivity (Wildman–Crippen MR) is 79.7 cm³/mol. The van der Waals surface area contributed by atoms with E-state index in [1.807, 2.05) is 4.90 Å². The number of piperidine rings is 1. The molecular weight excluding hydrogens is 278 g/mol. The van der Waals surface area contributed by atoms with Crippen LogP contribution >= 0.6 is 0 Å². The lowest BCUT2D eigenvalue weighted by molar-refractivity contribution is -0.134. The summed E-state index contributed by atoms with van der Waals surface area (Å²) >= 11 is 0. The molecule has 0 saturated carbocycles. The predicted octanol–water partition coefficient (Wildman–Crippen LogP) is 0.436. The third kappa shape index (κ3) is 6.67. The average molecular weight is 305 g/mol. The van der Waals surface area contributed by atoms with Crippen molar-refractivity contribution in [2.24, 2.45) is 5.73 Å². The van der Waals surface area contributed by atoms with Crippen LogP contribution in [0.3, 0.4) is 0 Å². The van der Waals surface area contributed by atoms with E-state index in [1.54, 1.807) is 0 Å². The van der Waals surface area contributed by atoms with Gasteiger partial charge in [0.1, 0.15) is 0 Å². The van der Waals surface area contributed by atoms with E-state index < -0.39 is 10.0 Å². The fourth-order valence-corrected chi connectivity index (χ4v) is 3.02. The molecule has 0 aromatic rings. The van der Waals surface area contributed by atoms with Gasteiger partial charge in [-0.15, -0.1) is 0 Å². The number of hydrogen-bond acceptors (Lipinski definition) is 4. The number of nitrogens with two attached hydrogens (primary N) is 1. The Labute approximate surface area is 122 Å². The Bertz CT molecular complexity index is 398. The van der Waals surface area contributed by atoms with Gasteiger partial charge in [0.25, 0.3) is 0 Å². The van der Waals surface area contributed by atoms with Crippen LogP contribution in [0.4, 0.5) is 0 Å². The van der Waals surface area contributed by atoms with Crippen LogP contribution in [-0.4, -0.2) is 51.2 Å². The Morgan fingerprint density at radius 1 is 1.30 bits per heavy atom. The molecule has 1 heterocycles. The third-order valence-corrected chi connectivity index (χ3v) is 4.31. The van der Waals surface area contributed by atoms with Gasteiger partial charge in [-0.1, -0.05) is 6.42 Å². The van der Waals surface area contributed by atoms with E-state index in [-0.39, 0.29) is 11.9 Å². The fraction of sp³-hybridized carbons (Fsp3) is 0.923. The van der Waals surface area contributed by atoms with Crippen LogP contribution in [0.15, 0.2) is 0 Å². The lowest BCUT2D eigenvalue weighted by atomic mass is 10.0. The number of carbonyl (C=O) groups excluding carboxylic acids is 1. The van der Waals surface area contributed by atoms with Crippen molar-refractivity contribution < 1.29 is 13.2 Å². The first-order valence-corrected chi connectivity index (χ1v) is 9.27. The molecule has 0 aromatic heterocycles. The molecule has 1 fully saturated rings. The standard InChI is InChI=1S/C13H27N3O3S/c1-20(18,19)15-11-12-7-4-6-10-16(12)13(17)8-3-2-5-9-14/h12,15H,2-11,14H2,1H3. The van der Waals surface area contributed by atoms with Crippen molar-refractivity contribution in [3.05, 3.63) is 0 Å². The van der Waals surface area contributed by atoms with Crippen LogP contribution in [0.2, 0.25) is 0 Å². The second-order valence-corrected chi connectivity index (χ2v) is 7.29. The van der Waals surface area contributed by atoms with Gasteiger partial charge in [0, 0.05) is 25.6 Å². The number of likely N-dealkylation sites (tertiary alicyclic amines) is 1. The second kappa shape index (κ2) is 8.59. The van der Waals surface area contributed by atoms with Gasteiger partial charge in [-0.05, 0) is 38.6 Å². The minimum atomic E-state index is -3.20. The van der Waals surface area contributed by atoms with E-state index in [1.165, 1.54) is 0 Å². The summed E-state index contributed by atoms with van der Waals surface area (Å²) in [5.41, 5.74) is 5.43. The highest BCUT2D eigenvalue weighted by atomic mass is 32.2. The average Bonchev–Trinajstić information content (AvgIpc) is 2.40. The lowest BCUT2D eigenvalue weighted by Crippen LogP contribution is -2.49. The molecule has 1 saturated heterocycles. The Balaban J connectivity index is 2.44. The highest BCUT2D eigenvalue weighted by Gasteiger charge is 2.26.